The topological polar surface area (TPSA) is 151 Å². The van der Waals surface area contributed by atoms with Crippen LogP contribution in [0.25, 0.3) is 5.82 Å². The summed E-state index contributed by atoms with van der Waals surface area (Å²) in [6, 6.07) is 9.42. The molecule has 0 unspecified atom stereocenters. The van der Waals surface area contributed by atoms with Gasteiger partial charge in [-0.3, -0.25) is 15.0 Å². The Balaban J connectivity index is 2.00. The highest BCUT2D eigenvalue weighted by atomic mass is 79.9. The second-order valence-corrected chi connectivity index (χ2v) is 7.64. The van der Waals surface area contributed by atoms with Crippen LogP contribution in [0, 0.1) is 18.3 Å². The number of nitrogens with zero attached hydrogens (tertiary/aromatic N) is 4. The number of hydrogen-bond donors (Lipinski definition) is 3. The van der Waals surface area contributed by atoms with Crippen LogP contribution in [0.15, 0.2) is 41.1 Å². The minimum atomic E-state index is -0.900. The van der Waals surface area contributed by atoms with Gasteiger partial charge in [-0.1, -0.05) is 11.6 Å². The number of methoxy groups -OCH3 is 1. The van der Waals surface area contributed by atoms with Crippen molar-refractivity contribution in [2.75, 3.05) is 12.4 Å². The van der Waals surface area contributed by atoms with E-state index in [0.29, 0.717) is 10.2 Å². The number of halogens is 2. The van der Waals surface area contributed by atoms with Crippen molar-refractivity contribution in [3.63, 3.8) is 0 Å². The SMILES string of the molecule is COC(=O)NNC(=O)c1cc(C#N)cc(C)c1NC(=O)c1cc(Br)nn1-c1ncccc1Cl. The average Bonchev–Trinajstić information content (AvgIpc) is 3.19. The van der Waals surface area contributed by atoms with E-state index in [1.165, 1.54) is 29.1 Å². The number of ether oxygens (including phenoxy) is 1. The van der Waals surface area contributed by atoms with Crippen molar-refractivity contribution in [1.82, 2.24) is 25.6 Å². The Kier molecular flexibility index (Phi) is 7.27. The monoisotopic (exact) mass is 531 g/mol. The molecule has 33 heavy (non-hydrogen) atoms. The number of carbonyl (C=O) groups is 3. The van der Waals surface area contributed by atoms with Gasteiger partial charge in [0.15, 0.2) is 5.82 Å². The molecule has 0 aliphatic heterocycles. The lowest BCUT2D eigenvalue weighted by atomic mass is 10.0. The van der Waals surface area contributed by atoms with Crippen LogP contribution in [-0.2, 0) is 4.74 Å². The van der Waals surface area contributed by atoms with Gasteiger partial charge in [0.05, 0.1) is 35.0 Å². The summed E-state index contributed by atoms with van der Waals surface area (Å²) in [5, 5.41) is 16.4. The summed E-state index contributed by atoms with van der Waals surface area (Å²) in [6.45, 7) is 1.61. The number of hydrogen-bond acceptors (Lipinski definition) is 7. The zero-order valence-corrected chi connectivity index (χ0v) is 19.5. The molecule has 0 bridgehead atoms. The highest BCUT2D eigenvalue weighted by Crippen LogP contribution is 2.26. The zero-order chi connectivity index (χ0) is 24.1. The molecule has 0 fully saturated rings. The second kappa shape index (κ2) is 10.1. The van der Waals surface area contributed by atoms with Gasteiger partial charge in [-0.25, -0.2) is 19.9 Å². The molecule has 0 saturated heterocycles. The van der Waals surface area contributed by atoms with Crippen molar-refractivity contribution in [3.8, 4) is 11.9 Å². The largest absolute Gasteiger partial charge is 0.452 e. The maximum atomic E-state index is 13.2. The molecule has 1 aromatic carbocycles. The number of nitriles is 1. The molecular formula is C20H15BrClN7O4. The fourth-order valence-corrected chi connectivity index (χ4v) is 3.39. The lowest BCUT2D eigenvalue weighted by Crippen LogP contribution is -2.42. The summed E-state index contributed by atoms with van der Waals surface area (Å²) in [7, 11) is 1.13. The van der Waals surface area contributed by atoms with E-state index in [2.05, 4.69) is 41.5 Å². The first kappa shape index (κ1) is 23.7. The molecule has 0 spiro atoms. The van der Waals surface area contributed by atoms with E-state index < -0.39 is 17.9 Å². The quantitative estimate of drug-likeness (QED) is 0.437. The van der Waals surface area contributed by atoms with E-state index in [-0.39, 0.29) is 33.3 Å². The third-order valence-corrected chi connectivity index (χ3v) is 4.95. The maximum absolute atomic E-state index is 13.2. The van der Waals surface area contributed by atoms with Gasteiger partial charge in [-0.2, -0.15) is 10.4 Å². The molecule has 0 atom stereocenters. The molecule has 0 aliphatic rings. The van der Waals surface area contributed by atoms with Crippen LogP contribution in [0.4, 0.5) is 10.5 Å². The maximum Gasteiger partial charge on any atom is 0.425 e. The summed E-state index contributed by atoms with van der Waals surface area (Å²) in [5.74, 6) is -1.18. The molecule has 3 aromatic rings. The number of nitrogens with one attached hydrogen (secondary N) is 3. The Bertz CT molecular complexity index is 1300. The first-order valence-corrected chi connectivity index (χ1v) is 10.3. The lowest BCUT2D eigenvalue weighted by molar-refractivity contribution is 0.0921. The Morgan fingerprint density at radius 1 is 1.21 bits per heavy atom. The van der Waals surface area contributed by atoms with Gasteiger partial charge in [0.25, 0.3) is 11.8 Å². The van der Waals surface area contributed by atoms with Crippen LogP contribution in [0.3, 0.4) is 0 Å². The highest BCUT2D eigenvalue weighted by molar-refractivity contribution is 9.10. The predicted molar refractivity (Wildman–Crippen MR) is 121 cm³/mol. The number of amides is 3. The van der Waals surface area contributed by atoms with Gasteiger partial charge in [-0.15, -0.1) is 0 Å². The van der Waals surface area contributed by atoms with E-state index in [4.69, 9.17) is 11.6 Å². The van der Waals surface area contributed by atoms with Gasteiger partial charge in [0.2, 0.25) is 0 Å². The van der Waals surface area contributed by atoms with E-state index in [1.54, 1.807) is 19.1 Å². The van der Waals surface area contributed by atoms with E-state index in [1.807, 2.05) is 11.5 Å². The third kappa shape index (κ3) is 5.28. The van der Waals surface area contributed by atoms with Gasteiger partial charge >= 0.3 is 6.09 Å². The summed E-state index contributed by atoms with van der Waals surface area (Å²) in [5.41, 5.74) is 4.95. The molecule has 2 aromatic heterocycles. The van der Waals surface area contributed by atoms with Crippen LogP contribution >= 0.6 is 27.5 Å². The van der Waals surface area contributed by atoms with Crippen molar-refractivity contribution in [2.24, 2.45) is 0 Å². The highest BCUT2D eigenvalue weighted by Gasteiger charge is 2.23. The molecule has 3 amide bonds. The van der Waals surface area contributed by atoms with Gasteiger partial charge in [-0.05, 0) is 52.7 Å². The van der Waals surface area contributed by atoms with Gasteiger partial charge < -0.3 is 10.1 Å². The van der Waals surface area contributed by atoms with Crippen molar-refractivity contribution >= 4 is 51.1 Å². The van der Waals surface area contributed by atoms with Crippen molar-refractivity contribution < 1.29 is 19.1 Å². The number of hydrazine groups is 1. The number of rotatable bonds is 4. The number of pyridine rings is 1. The van der Waals surface area contributed by atoms with Crippen LogP contribution in [0.1, 0.15) is 32.0 Å². The van der Waals surface area contributed by atoms with Crippen LogP contribution in [-0.4, -0.2) is 39.8 Å². The fourth-order valence-electron chi connectivity index (χ4n) is 2.81. The summed E-state index contributed by atoms with van der Waals surface area (Å²) in [4.78, 5) is 41.3. The minimum absolute atomic E-state index is 0.0581. The molecular weight excluding hydrogens is 518 g/mol. The Morgan fingerprint density at radius 3 is 2.64 bits per heavy atom. The number of aromatic nitrogens is 3. The van der Waals surface area contributed by atoms with Crippen molar-refractivity contribution in [1.29, 1.82) is 5.26 Å². The molecule has 168 valence electrons. The van der Waals surface area contributed by atoms with E-state index in [0.717, 1.165) is 7.11 Å². The predicted octanol–water partition coefficient (Wildman–Crippen LogP) is 3.12. The average molecular weight is 533 g/mol. The first-order valence-electron chi connectivity index (χ1n) is 9.12. The molecule has 3 N–H and O–H groups in total. The first-order chi connectivity index (χ1) is 15.7. The Labute approximate surface area is 200 Å². The molecule has 2 heterocycles. The molecule has 0 aliphatic carbocycles. The number of carbonyl (C=O) groups excluding carboxylic acids is 3. The van der Waals surface area contributed by atoms with Crippen molar-refractivity contribution in [2.45, 2.75) is 6.92 Å². The normalized spacial score (nSPS) is 10.2. The molecule has 0 saturated carbocycles. The van der Waals surface area contributed by atoms with Crippen LogP contribution in [0.2, 0.25) is 5.02 Å². The number of anilines is 1. The zero-order valence-electron chi connectivity index (χ0n) is 17.1. The fraction of sp³-hybridized carbons (Fsp3) is 0.100. The van der Waals surface area contributed by atoms with Gasteiger partial charge in [0, 0.05) is 12.3 Å². The van der Waals surface area contributed by atoms with Crippen molar-refractivity contribution in [3.05, 3.63) is 68.5 Å². The molecule has 11 nitrogen and oxygen atoms in total. The molecule has 3 rings (SSSR count). The standard InChI is InChI=1S/C20H15BrClN7O4/c1-10-6-11(9-23)7-12(18(30)26-27-20(32)33-2)16(10)25-19(31)14-8-15(21)28-29(14)17-13(22)4-3-5-24-17/h3-8H,1-2H3,(H,25,31)(H,26,30)(H,27,32). The van der Waals surface area contributed by atoms with Crippen LogP contribution in [0.5, 0.6) is 0 Å². The summed E-state index contributed by atoms with van der Waals surface area (Å²) < 4.78 is 6.01. The third-order valence-electron chi connectivity index (χ3n) is 4.26. The van der Waals surface area contributed by atoms with Crippen LogP contribution < -0.4 is 16.2 Å². The molecule has 13 heteroatoms. The Morgan fingerprint density at radius 2 is 1.97 bits per heavy atom. The minimum Gasteiger partial charge on any atom is -0.452 e. The lowest BCUT2D eigenvalue weighted by Gasteiger charge is -2.15. The molecule has 0 radical (unpaired) electrons. The summed E-state index contributed by atoms with van der Waals surface area (Å²) in [6.07, 6.45) is 0.600. The smallest absolute Gasteiger partial charge is 0.425 e. The Hall–Kier alpha value is -3.95. The summed E-state index contributed by atoms with van der Waals surface area (Å²) >= 11 is 9.44. The number of benzene rings is 1. The van der Waals surface area contributed by atoms with E-state index in [9.17, 15) is 19.6 Å². The second-order valence-electron chi connectivity index (χ2n) is 6.43. The number of aryl methyl sites for hydroxylation is 1. The van der Waals surface area contributed by atoms with Gasteiger partial charge in [0.1, 0.15) is 10.3 Å². The van der Waals surface area contributed by atoms with E-state index >= 15 is 0 Å².